The summed E-state index contributed by atoms with van der Waals surface area (Å²) in [5.74, 6) is 0. The van der Waals surface area contributed by atoms with Crippen LogP contribution in [0, 0.1) is 0 Å². The van der Waals surface area contributed by atoms with Crippen molar-refractivity contribution in [1.82, 2.24) is 10.0 Å². The maximum absolute atomic E-state index is 2.53. The Bertz CT molecular complexity index is 128. The third-order valence-corrected chi connectivity index (χ3v) is 3.09. The van der Waals surface area contributed by atoms with Crippen molar-refractivity contribution in [3.05, 3.63) is 0 Å². The summed E-state index contributed by atoms with van der Waals surface area (Å²) in [5.41, 5.74) is 0.512. The first kappa shape index (κ1) is 6.62. The summed E-state index contributed by atoms with van der Waals surface area (Å²) in [6.45, 7) is 7.20. The Kier molecular flexibility index (Phi) is 1.29. The van der Waals surface area contributed by atoms with Gasteiger partial charge in [-0.05, 0) is 19.3 Å². The summed E-state index contributed by atoms with van der Waals surface area (Å²) in [6, 6.07) is 0. The Balaban J connectivity index is 2.07. The molecule has 2 rings (SSSR count). The van der Waals surface area contributed by atoms with Crippen LogP contribution in [0.2, 0.25) is 0 Å². The van der Waals surface area contributed by atoms with Crippen LogP contribution in [0.3, 0.4) is 0 Å². The lowest BCUT2D eigenvalue weighted by molar-refractivity contribution is 0.382. The maximum atomic E-state index is 2.53. The highest BCUT2D eigenvalue weighted by molar-refractivity contribution is 5.02. The number of fused-ring (bicyclic) bond motifs is 1. The van der Waals surface area contributed by atoms with E-state index in [9.17, 15) is 0 Å². The molecule has 0 bridgehead atoms. The quantitative estimate of drug-likeness (QED) is 0.535. The molecule has 0 aromatic heterocycles. The Hall–Kier alpha value is -0.0800. The van der Waals surface area contributed by atoms with E-state index in [0.717, 1.165) is 0 Å². The minimum atomic E-state index is 0.512. The topological polar surface area (TPSA) is 6.02 Å². The van der Waals surface area contributed by atoms with Crippen LogP contribution in [0.1, 0.15) is 33.1 Å². The molecule has 2 heteroatoms. The van der Waals surface area contributed by atoms with Crippen LogP contribution in [-0.2, 0) is 0 Å². The Morgan fingerprint density at radius 3 is 1.90 bits per heavy atom. The van der Waals surface area contributed by atoms with E-state index in [1.54, 1.807) is 0 Å². The molecule has 2 aliphatic heterocycles. The van der Waals surface area contributed by atoms with Crippen LogP contribution in [0.5, 0.6) is 0 Å². The molecular weight excluding hydrogens is 124 g/mol. The zero-order chi connectivity index (χ0) is 7.19. The average molecular weight is 140 g/mol. The van der Waals surface area contributed by atoms with Crippen molar-refractivity contribution < 1.29 is 0 Å². The molecule has 2 fully saturated rings. The van der Waals surface area contributed by atoms with Crippen LogP contribution < -0.4 is 0 Å². The van der Waals surface area contributed by atoms with Gasteiger partial charge in [0.1, 0.15) is 0 Å². The Morgan fingerprint density at radius 1 is 1.10 bits per heavy atom. The van der Waals surface area contributed by atoms with Crippen molar-refractivity contribution in [2.75, 3.05) is 13.1 Å². The van der Waals surface area contributed by atoms with Crippen molar-refractivity contribution in [2.24, 2.45) is 0 Å². The predicted molar refractivity (Wildman–Crippen MR) is 41.3 cm³/mol. The van der Waals surface area contributed by atoms with Gasteiger partial charge in [0.15, 0.2) is 0 Å². The number of rotatable bonds is 2. The minimum absolute atomic E-state index is 0.512. The summed E-state index contributed by atoms with van der Waals surface area (Å²) >= 11 is 0. The fourth-order valence-electron chi connectivity index (χ4n) is 2.39. The number of hydrazine groups is 1. The van der Waals surface area contributed by atoms with E-state index in [1.807, 2.05) is 0 Å². The van der Waals surface area contributed by atoms with Crippen LogP contribution >= 0.6 is 0 Å². The molecule has 0 aliphatic carbocycles. The first-order chi connectivity index (χ1) is 4.85. The standard InChI is InChI=1S/C8H16N2/c1-3-8(4-2)9-6-5-7-10(8)9/h3-7H2,1-2H3. The highest BCUT2D eigenvalue weighted by Crippen LogP contribution is 2.47. The summed E-state index contributed by atoms with van der Waals surface area (Å²) in [7, 11) is 0. The summed E-state index contributed by atoms with van der Waals surface area (Å²) in [5, 5.41) is 5.07. The second-order valence-electron chi connectivity index (χ2n) is 3.29. The van der Waals surface area contributed by atoms with Gasteiger partial charge in [-0.3, -0.25) is 0 Å². The molecular formula is C8H16N2. The monoisotopic (exact) mass is 140 g/mol. The minimum Gasteiger partial charge on any atom is -0.219 e. The molecule has 0 N–H and O–H groups in total. The second kappa shape index (κ2) is 1.95. The first-order valence-corrected chi connectivity index (χ1v) is 4.40. The highest BCUT2D eigenvalue weighted by Gasteiger charge is 2.59. The van der Waals surface area contributed by atoms with Crippen LogP contribution in [0.15, 0.2) is 0 Å². The molecule has 2 atom stereocenters. The summed E-state index contributed by atoms with van der Waals surface area (Å²) in [6.07, 6.45) is 3.97. The fraction of sp³-hybridized carbons (Fsp3) is 1.00. The lowest BCUT2D eigenvalue weighted by Gasteiger charge is -2.12. The lowest BCUT2D eigenvalue weighted by atomic mass is 10.1. The van der Waals surface area contributed by atoms with Gasteiger partial charge in [0.05, 0.1) is 5.66 Å². The molecule has 10 heavy (non-hydrogen) atoms. The van der Waals surface area contributed by atoms with Gasteiger partial charge < -0.3 is 0 Å². The normalized spacial score (nSPS) is 41.4. The SMILES string of the molecule is CCC1(CC)N2CCCN21. The maximum Gasteiger partial charge on any atom is 0.0999 e. The Morgan fingerprint density at radius 2 is 1.60 bits per heavy atom. The van der Waals surface area contributed by atoms with E-state index in [0.29, 0.717) is 5.66 Å². The number of nitrogens with zero attached hydrogens (tertiary/aromatic N) is 2. The van der Waals surface area contributed by atoms with Crippen molar-refractivity contribution in [3.63, 3.8) is 0 Å². The van der Waals surface area contributed by atoms with E-state index < -0.39 is 0 Å². The zero-order valence-corrected chi connectivity index (χ0v) is 6.93. The predicted octanol–water partition coefficient (Wildman–Crippen LogP) is 1.44. The molecule has 0 amide bonds. The van der Waals surface area contributed by atoms with Gasteiger partial charge in [-0.25, -0.2) is 10.0 Å². The van der Waals surface area contributed by atoms with E-state index >= 15 is 0 Å². The molecule has 2 heterocycles. The Labute approximate surface area is 62.8 Å². The van der Waals surface area contributed by atoms with E-state index in [1.165, 1.54) is 32.4 Å². The largest absolute Gasteiger partial charge is 0.219 e. The van der Waals surface area contributed by atoms with E-state index in [2.05, 4.69) is 23.9 Å². The smallest absolute Gasteiger partial charge is 0.0999 e. The fourth-order valence-corrected chi connectivity index (χ4v) is 2.39. The van der Waals surface area contributed by atoms with Crippen LogP contribution in [0.4, 0.5) is 0 Å². The van der Waals surface area contributed by atoms with Gasteiger partial charge in [-0.1, -0.05) is 13.8 Å². The number of hydrogen-bond acceptors (Lipinski definition) is 2. The van der Waals surface area contributed by atoms with Crippen LogP contribution in [0.25, 0.3) is 0 Å². The van der Waals surface area contributed by atoms with Crippen molar-refractivity contribution in [2.45, 2.75) is 38.8 Å². The van der Waals surface area contributed by atoms with E-state index in [-0.39, 0.29) is 0 Å². The van der Waals surface area contributed by atoms with Gasteiger partial charge in [-0.15, -0.1) is 0 Å². The summed E-state index contributed by atoms with van der Waals surface area (Å²) < 4.78 is 0. The molecule has 0 aromatic rings. The zero-order valence-electron chi connectivity index (χ0n) is 6.93. The molecule has 0 spiro atoms. The van der Waals surface area contributed by atoms with Crippen molar-refractivity contribution in [3.8, 4) is 0 Å². The van der Waals surface area contributed by atoms with Gasteiger partial charge in [0, 0.05) is 13.1 Å². The van der Waals surface area contributed by atoms with Crippen molar-refractivity contribution in [1.29, 1.82) is 0 Å². The summed E-state index contributed by atoms with van der Waals surface area (Å²) in [4.78, 5) is 0. The van der Waals surface area contributed by atoms with Gasteiger partial charge in [0.25, 0.3) is 0 Å². The molecule has 2 aliphatic rings. The molecule has 2 unspecified atom stereocenters. The molecule has 2 nitrogen and oxygen atoms in total. The van der Waals surface area contributed by atoms with Gasteiger partial charge in [-0.2, -0.15) is 0 Å². The molecule has 2 saturated heterocycles. The third kappa shape index (κ3) is 0.565. The van der Waals surface area contributed by atoms with Crippen molar-refractivity contribution >= 4 is 0 Å². The average Bonchev–Trinajstić information content (AvgIpc) is 2.40. The van der Waals surface area contributed by atoms with Gasteiger partial charge >= 0.3 is 0 Å². The highest BCUT2D eigenvalue weighted by atomic mass is 15.9. The molecule has 0 saturated carbocycles. The van der Waals surface area contributed by atoms with Gasteiger partial charge in [0.2, 0.25) is 0 Å². The van der Waals surface area contributed by atoms with Crippen LogP contribution in [-0.4, -0.2) is 28.8 Å². The first-order valence-electron chi connectivity index (χ1n) is 4.40. The van der Waals surface area contributed by atoms with E-state index in [4.69, 9.17) is 0 Å². The second-order valence-corrected chi connectivity index (χ2v) is 3.29. The molecule has 0 aromatic carbocycles. The lowest BCUT2D eigenvalue weighted by Crippen LogP contribution is -2.22. The molecule has 0 radical (unpaired) electrons. The third-order valence-electron chi connectivity index (χ3n) is 3.09. The molecule has 58 valence electrons. The number of hydrogen-bond donors (Lipinski definition) is 0.